The van der Waals surface area contributed by atoms with Crippen LogP contribution in [-0.4, -0.2) is 5.11 Å². The molecule has 1 N–H and O–H groups in total. The highest BCUT2D eigenvalue weighted by molar-refractivity contribution is 5.46. The van der Waals surface area contributed by atoms with Gasteiger partial charge < -0.3 is 9.52 Å². The Kier molecular flexibility index (Phi) is 3.30. The molecule has 2 nitrogen and oxygen atoms in total. The first-order valence-electron chi connectivity index (χ1n) is 6.65. The molecule has 0 fully saturated rings. The van der Waals surface area contributed by atoms with Crippen LogP contribution in [0.5, 0.6) is 5.75 Å². The van der Waals surface area contributed by atoms with Crippen molar-refractivity contribution in [3.05, 3.63) is 89.4 Å². The van der Waals surface area contributed by atoms with E-state index in [1.54, 1.807) is 6.07 Å². The zero-order chi connectivity index (χ0) is 13.9. The Balaban J connectivity index is 2.16. The minimum Gasteiger partial charge on any atom is -0.508 e. The third-order valence-electron chi connectivity index (χ3n) is 3.43. The summed E-state index contributed by atoms with van der Waals surface area (Å²) in [7, 11) is 0. The van der Waals surface area contributed by atoms with Crippen LogP contribution in [0.15, 0.2) is 71.1 Å². The molecule has 20 heavy (non-hydrogen) atoms. The molecule has 0 saturated carbocycles. The largest absolute Gasteiger partial charge is 0.508 e. The van der Waals surface area contributed by atoms with Gasteiger partial charge in [-0.1, -0.05) is 48.5 Å². The van der Waals surface area contributed by atoms with E-state index in [4.69, 9.17) is 4.42 Å². The lowest BCUT2D eigenvalue weighted by molar-refractivity contribution is 0.450. The number of furan rings is 1. The second-order valence-electron chi connectivity index (χ2n) is 4.85. The summed E-state index contributed by atoms with van der Waals surface area (Å²) in [6, 6.07) is 21.4. The molecule has 0 bridgehead atoms. The summed E-state index contributed by atoms with van der Waals surface area (Å²) >= 11 is 0. The number of aromatic hydroxyl groups is 1. The molecule has 0 amide bonds. The summed E-state index contributed by atoms with van der Waals surface area (Å²) < 4.78 is 5.80. The second-order valence-corrected chi connectivity index (χ2v) is 4.85. The minimum absolute atomic E-state index is 0.0916. The summed E-state index contributed by atoms with van der Waals surface area (Å²) in [4.78, 5) is 0. The summed E-state index contributed by atoms with van der Waals surface area (Å²) in [6.45, 7) is 1.93. The molecule has 0 radical (unpaired) electrons. The molecule has 2 heteroatoms. The molecule has 1 atom stereocenters. The van der Waals surface area contributed by atoms with Crippen molar-refractivity contribution in [1.29, 1.82) is 0 Å². The normalized spacial score (nSPS) is 12.2. The van der Waals surface area contributed by atoms with Crippen LogP contribution < -0.4 is 0 Å². The number of phenolic OH excluding ortho intramolecular Hbond substituents is 1. The minimum atomic E-state index is -0.0916. The zero-order valence-corrected chi connectivity index (χ0v) is 11.3. The van der Waals surface area contributed by atoms with Gasteiger partial charge in [0.15, 0.2) is 0 Å². The van der Waals surface area contributed by atoms with E-state index in [9.17, 15) is 5.11 Å². The third kappa shape index (κ3) is 2.32. The quantitative estimate of drug-likeness (QED) is 0.757. The number of para-hydroxylation sites is 1. The van der Waals surface area contributed by atoms with E-state index < -0.39 is 0 Å². The van der Waals surface area contributed by atoms with Gasteiger partial charge in [0, 0.05) is 5.56 Å². The van der Waals surface area contributed by atoms with Gasteiger partial charge in [0.05, 0.1) is 5.92 Å². The highest BCUT2D eigenvalue weighted by Crippen LogP contribution is 2.37. The summed E-state index contributed by atoms with van der Waals surface area (Å²) in [5.74, 6) is 1.91. The highest BCUT2D eigenvalue weighted by Gasteiger charge is 2.22. The van der Waals surface area contributed by atoms with Gasteiger partial charge >= 0.3 is 0 Å². The Morgan fingerprint density at radius 1 is 0.850 bits per heavy atom. The van der Waals surface area contributed by atoms with Gasteiger partial charge in [-0.25, -0.2) is 0 Å². The maximum Gasteiger partial charge on any atom is 0.119 e. The van der Waals surface area contributed by atoms with Crippen LogP contribution in [0.1, 0.15) is 28.6 Å². The Hall–Kier alpha value is -2.48. The van der Waals surface area contributed by atoms with Crippen molar-refractivity contribution in [2.45, 2.75) is 12.8 Å². The fraction of sp³-hybridized carbons (Fsp3) is 0.111. The van der Waals surface area contributed by atoms with Crippen LogP contribution >= 0.6 is 0 Å². The van der Waals surface area contributed by atoms with E-state index in [0.29, 0.717) is 0 Å². The molecule has 0 aliphatic carbocycles. The predicted molar refractivity (Wildman–Crippen MR) is 78.9 cm³/mol. The van der Waals surface area contributed by atoms with Gasteiger partial charge in [-0.05, 0) is 30.7 Å². The molecule has 0 spiro atoms. The third-order valence-corrected chi connectivity index (χ3v) is 3.43. The molecule has 0 unspecified atom stereocenters. The lowest BCUT2D eigenvalue weighted by Gasteiger charge is -2.17. The standard InChI is InChI=1S/C18H16O2/c1-13-11-12-17(20-13)18(14-7-3-2-4-8-14)15-9-5-6-10-16(15)19/h2-12,18-19H,1H3/t18-/m1/s1. The summed E-state index contributed by atoms with van der Waals surface area (Å²) in [5, 5.41) is 10.2. The number of benzene rings is 2. The molecule has 3 aromatic rings. The number of rotatable bonds is 3. The Morgan fingerprint density at radius 3 is 2.20 bits per heavy atom. The Bertz CT molecular complexity index is 698. The van der Waals surface area contributed by atoms with Crippen molar-refractivity contribution in [3.63, 3.8) is 0 Å². The second kappa shape index (κ2) is 5.25. The van der Waals surface area contributed by atoms with Crippen molar-refractivity contribution in [1.82, 2.24) is 0 Å². The topological polar surface area (TPSA) is 33.4 Å². The molecule has 1 heterocycles. The van der Waals surface area contributed by atoms with E-state index in [-0.39, 0.29) is 11.7 Å². The SMILES string of the molecule is Cc1ccc([C@H](c2ccccc2)c2ccccc2O)o1. The molecule has 0 aliphatic rings. The number of phenols is 1. The lowest BCUT2D eigenvalue weighted by Crippen LogP contribution is -2.02. The van der Waals surface area contributed by atoms with Crippen LogP contribution in [0.3, 0.4) is 0 Å². The van der Waals surface area contributed by atoms with Gasteiger partial charge in [-0.15, -0.1) is 0 Å². The number of hydrogen-bond acceptors (Lipinski definition) is 2. The van der Waals surface area contributed by atoms with Gasteiger partial charge in [-0.3, -0.25) is 0 Å². The first kappa shape index (κ1) is 12.5. The van der Waals surface area contributed by atoms with Gasteiger partial charge in [0.25, 0.3) is 0 Å². The van der Waals surface area contributed by atoms with Crippen molar-refractivity contribution in [3.8, 4) is 5.75 Å². The fourth-order valence-electron chi connectivity index (χ4n) is 2.48. The summed E-state index contributed by atoms with van der Waals surface area (Å²) in [6.07, 6.45) is 0. The molecule has 1 aromatic heterocycles. The summed E-state index contributed by atoms with van der Waals surface area (Å²) in [5.41, 5.74) is 1.96. The zero-order valence-electron chi connectivity index (χ0n) is 11.3. The van der Waals surface area contributed by atoms with Crippen LogP contribution in [0.4, 0.5) is 0 Å². The van der Waals surface area contributed by atoms with E-state index in [2.05, 4.69) is 12.1 Å². The maximum absolute atomic E-state index is 10.2. The Labute approximate surface area is 118 Å². The maximum atomic E-state index is 10.2. The molecular formula is C18H16O2. The van der Waals surface area contributed by atoms with E-state index in [1.165, 1.54) is 0 Å². The van der Waals surface area contributed by atoms with Crippen molar-refractivity contribution in [2.24, 2.45) is 0 Å². The van der Waals surface area contributed by atoms with Gasteiger partial charge in [0.2, 0.25) is 0 Å². The van der Waals surface area contributed by atoms with Crippen LogP contribution in [-0.2, 0) is 0 Å². The number of aryl methyl sites for hydroxylation is 1. The first-order chi connectivity index (χ1) is 9.75. The van der Waals surface area contributed by atoms with Crippen LogP contribution in [0, 0.1) is 6.92 Å². The number of hydrogen-bond donors (Lipinski definition) is 1. The fourth-order valence-corrected chi connectivity index (χ4v) is 2.48. The molecule has 0 saturated heterocycles. The predicted octanol–water partition coefficient (Wildman–Crippen LogP) is 4.47. The molecule has 100 valence electrons. The molecule has 2 aromatic carbocycles. The van der Waals surface area contributed by atoms with Crippen molar-refractivity contribution in [2.75, 3.05) is 0 Å². The van der Waals surface area contributed by atoms with Crippen molar-refractivity contribution < 1.29 is 9.52 Å². The Morgan fingerprint density at radius 2 is 1.55 bits per heavy atom. The molecule has 3 rings (SSSR count). The molecule has 0 aliphatic heterocycles. The van der Waals surface area contributed by atoms with Gasteiger partial charge in [0.1, 0.15) is 17.3 Å². The lowest BCUT2D eigenvalue weighted by atomic mass is 9.88. The smallest absolute Gasteiger partial charge is 0.119 e. The average molecular weight is 264 g/mol. The monoisotopic (exact) mass is 264 g/mol. The van der Waals surface area contributed by atoms with Gasteiger partial charge in [-0.2, -0.15) is 0 Å². The highest BCUT2D eigenvalue weighted by atomic mass is 16.3. The van der Waals surface area contributed by atoms with E-state index in [0.717, 1.165) is 22.6 Å². The van der Waals surface area contributed by atoms with E-state index in [1.807, 2.05) is 55.5 Å². The average Bonchev–Trinajstić information content (AvgIpc) is 2.89. The first-order valence-corrected chi connectivity index (χ1v) is 6.65. The van der Waals surface area contributed by atoms with Crippen LogP contribution in [0.25, 0.3) is 0 Å². The molecular weight excluding hydrogens is 248 g/mol. The van der Waals surface area contributed by atoms with E-state index >= 15 is 0 Å². The van der Waals surface area contributed by atoms with Crippen molar-refractivity contribution >= 4 is 0 Å². The van der Waals surface area contributed by atoms with Crippen LogP contribution in [0.2, 0.25) is 0 Å².